The number of amides is 1. The zero-order chi connectivity index (χ0) is 17.3. The minimum Gasteiger partial charge on any atom is -0.494 e. The van der Waals surface area contributed by atoms with E-state index < -0.39 is 11.7 Å². The Balaban J connectivity index is 1.61. The molecule has 0 N–H and O–H groups in total. The van der Waals surface area contributed by atoms with E-state index in [0.29, 0.717) is 30.8 Å². The number of fused-ring (bicyclic) bond motifs is 1. The third kappa shape index (κ3) is 3.18. The summed E-state index contributed by atoms with van der Waals surface area (Å²) in [5.74, 6) is -0.0155. The topological polar surface area (TPSA) is 46.6 Å². The quantitative estimate of drug-likeness (QED) is 0.624. The van der Waals surface area contributed by atoms with Gasteiger partial charge in [-0.3, -0.25) is 9.59 Å². The molecule has 0 atom stereocenters. The molecule has 0 saturated heterocycles. The number of Topliss-reactive ketones (excluding diaryl/α,β-unsaturated/α-hetero) is 1. The summed E-state index contributed by atoms with van der Waals surface area (Å²) in [5, 5.41) is 0. The fourth-order valence-corrected chi connectivity index (χ4v) is 3.07. The van der Waals surface area contributed by atoms with E-state index in [1.807, 2.05) is 45.0 Å². The van der Waals surface area contributed by atoms with Crippen LogP contribution >= 0.6 is 0 Å². The zero-order valence-corrected chi connectivity index (χ0v) is 14.3. The standard InChI is InChI=1S/C20H21NO3/c1-13-5-6-18-17(12-13)19(22)20(23)21(18)7-4-8-24-16-10-14(2)9-15(3)11-16/h5-6,9-12H,4,7-8H2,1-3H3. The number of ketones is 1. The van der Waals surface area contributed by atoms with Crippen molar-refractivity contribution in [2.45, 2.75) is 27.2 Å². The number of ether oxygens (including phenoxy) is 1. The Morgan fingerprint density at radius 1 is 0.917 bits per heavy atom. The van der Waals surface area contributed by atoms with Gasteiger partial charge in [-0.05, 0) is 62.6 Å². The van der Waals surface area contributed by atoms with Crippen molar-refractivity contribution in [1.82, 2.24) is 0 Å². The number of nitrogens with zero attached hydrogens (tertiary/aromatic N) is 1. The lowest BCUT2D eigenvalue weighted by Gasteiger charge is -2.17. The van der Waals surface area contributed by atoms with Gasteiger partial charge in [0.2, 0.25) is 0 Å². The van der Waals surface area contributed by atoms with Gasteiger partial charge >= 0.3 is 0 Å². The second-order valence-corrected chi connectivity index (χ2v) is 6.33. The number of carbonyl (C=O) groups is 2. The number of rotatable bonds is 5. The monoisotopic (exact) mass is 323 g/mol. The lowest BCUT2D eigenvalue weighted by Crippen LogP contribution is -2.31. The molecule has 0 fully saturated rings. The molecule has 0 spiro atoms. The van der Waals surface area contributed by atoms with Gasteiger partial charge in [0.05, 0.1) is 17.9 Å². The summed E-state index contributed by atoms with van der Waals surface area (Å²) >= 11 is 0. The van der Waals surface area contributed by atoms with Gasteiger partial charge in [0.15, 0.2) is 0 Å². The van der Waals surface area contributed by atoms with Crippen molar-refractivity contribution in [2.75, 3.05) is 18.1 Å². The van der Waals surface area contributed by atoms with Crippen molar-refractivity contribution >= 4 is 17.4 Å². The van der Waals surface area contributed by atoms with E-state index in [2.05, 4.69) is 6.07 Å². The minimum absolute atomic E-state index is 0.413. The van der Waals surface area contributed by atoms with Crippen LogP contribution < -0.4 is 9.64 Å². The van der Waals surface area contributed by atoms with Crippen molar-refractivity contribution in [3.05, 3.63) is 58.7 Å². The van der Waals surface area contributed by atoms with Crippen LogP contribution in [-0.2, 0) is 4.79 Å². The molecule has 0 unspecified atom stereocenters. The molecule has 24 heavy (non-hydrogen) atoms. The van der Waals surface area contributed by atoms with Gasteiger partial charge in [0.1, 0.15) is 5.75 Å². The largest absolute Gasteiger partial charge is 0.494 e. The summed E-state index contributed by atoms with van der Waals surface area (Å²) in [5.41, 5.74) is 4.52. The maximum atomic E-state index is 12.2. The minimum atomic E-state index is -0.443. The highest BCUT2D eigenvalue weighted by Crippen LogP contribution is 2.29. The molecule has 1 heterocycles. The molecule has 1 aliphatic rings. The Bertz CT molecular complexity index is 790. The highest BCUT2D eigenvalue weighted by molar-refractivity contribution is 6.52. The van der Waals surface area contributed by atoms with Gasteiger partial charge in [-0.2, -0.15) is 0 Å². The molecule has 0 bridgehead atoms. The van der Waals surface area contributed by atoms with Gasteiger partial charge in [0, 0.05) is 6.54 Å². The molecule has 2 aromatic rings. The molecule has 1 aliphatic heterocycles. The van der Waals surface area contributed by atoms with Crippen LogP contribution in [0.5, 0.6) is 5.75 Å². The summed E-state index contributed by atoms with van der Waals surface area (Å²) in [6, 6.07) is 11.6. The summed E-state index contributed by atoms with van der Waals surface area (Å²) in [4.78, 5) is 25.8. The third-order valence-corrected chi connectivity index (χ3v) is 4.12. The second kappa shape index (κ2) is 6.48. The lowest BCUT2D eigenvalue weighted by molar-refractivity contribution is -0.114. The molecule has 4 heteroatoms. The molecule has 0 aromatic heterocycles. The normalized spacial score (nSPS) is 13.4. The van der Waals surface area contributed by atoms with Gasteiger partial charge in [-0.25, -0.2) is 0 Å². The first-order chi connectivity index (χ1) is 11.5. The number of anilines is 1. The Kier molecular flexibility index (Phi) is 4.38. The van der Waals surface area contributed by atoms with Crippen molar-refractivity contribution in [3.63, 3.8) is 0 Å². The van der Waals surface area contributed by atoms with E-state index in [1.54, 1.807) is 11.0 Å². The molecule has 0 saturated carbocycles. The smallest absolute Gasteiger partial charge is 0.299 e. The molecule has 2 aromatic carbocycles. The van der Waals surface area contributed by atoms with E-state index in [9.17, 15) is 9.59 Å². The predicted molar refractivity (Wildman–Crippen MR) is 93.9 cm³/mol. The Hall–Kier alpha value is -2.62. The SMILES string of the molecule is Cc1cc(C)cc(OCCCN2C(=O)C(=O)c3cc(C)ccc32)c1. The first-order valence-electron chi connectivity index (χ1n) is 8.13. The third-order valence-electron chi connectivity index (χ3n) is 4.12. The highest BCUT2D eigenvalue weighted by atomic mass is 16.5. The maximum Gasteiger partial charge on any atom is 0.299 e. The van der Waals surface area contributed by atoms with Crippen LogP contribution in [-0.4, -0.2) is 24.8 Å². The Morgan fingerprint density at radius 3 is 2.33 bits per heavy atom. The first-order valence-corrected chi connectivity index (χ1v) is 8.13. The average Bonchev–Trinajstić information content (AvgIpc) is 2.75. The van der Waals surface area contributed by atoms with E-state index in [4.69, 9.17) is 4.74 Å². The molecule has 4 nitrogen and oxygen atoms in total. The molecular weight excluding hydrogens is 302 g/mol. The fourth-order valence-electron chi connectivity index (χ4n) is 3.07. The van der Waals surface area contributed by atoms with Crippen molar-refractivity contribution in [1.29, 1.82) is 0 Å². The van der Waals surface area contributed by atoms with E-state index >= 15 is 0 Å². The van der Waals surface area contributed by atoms with Crippen molar-refractivity contribution in [2.24, 2.45) is 0 Å². The van der Waals surface area contributed by atoms with Crippen molar-refractivity contribution < 1.29 is 14.3 Å². The highest BCUT2D eigenvalue weighted by Gasteiger charge is 2.35. The molecule has 3 rings (SSSR count). The van der Waals surface area contributed by atoms with Gasteiger partial charge in [0.25, 0.3) is 11.7 Å². The van der Waals surface area contributed by atoms with Crippen LogP contribution in [0.25, 0.3) is 0 Å². The van der Waals surface area contributed by atoms with E-state index in [-0.39, 0.29) is 0 Å². The number of hydrogen-bond donors (Lipinski definition) is 0. The fraction of sp³-hybridized carbons (Fsp3) is 0.300. The van der Waals surface area contributed by atoms with Crippen LogP contribution in [0.3, 0.4) is 0 Å². The number of carbonyl (C=O) groups excluding carboxylic acids is 2. The first kappa shape index (κ1) is 16.2. The maximum absolute atomic E-state index is 12.2. The van der Waals surface area contributed by atoms with Gasteiger partial charge < -0.3 is 9.64 Å². The number of aryl methyl sites for hydroxylation is 3. The van der Waals surface area contributed by atoms with Gasteiger partial charge in [-0.1, -0.05) is 17.7 Å². The summed E-state index contributed by atoms with van der Waals surface area (Å²) < 4.78 is 5.77. The lowest BCUT2D eigenvalue weighted by atomic mass is 10.1. The predicted octanol–water partition coefficient (Wildman–Crippen LogP) is 3.61. The molecule has 1 amide bonds. The van der Waals surface area contributed by atoms with Gasteiger partial charge in [-0.15, -0.1) is 0 Å². The van der Waals surface area contributed by atoms with E-state index in [0.717, 1.165) is 22.4 Å². The summed E-state index contributed by atoms with van der Waals surface area (Å²) in [6.45, 7) is 6.96. The number of benzene rings is 2. The molecule has 124 valence electrons. The Labute approximate surface area is 142 Å². The number of hydrogen-bond acceptors (Lipinski definition) is 3. The van der Waals surface area contributed by atoms with Crippen molar-refractivity contribution in [3.8, 4) is 5.75 Å². The van der Waals surface area contributed by atoms with Crippen LogP contribution in [0.15, 0.2) is 36.4 Å². The molecule has 0 radical (unpaired) electrons. The summed E-state index contributed by atoms with van der Waals surface area (Å²) in [6.07, 6.45) is 0.666. The molecule has 0 aliphatic carbocycles. The van der Waals surface area contributed by atoms with Crippen LogP contribution in [0, 0.1) is 20.8 Å². The molecular formula is C20H21NO3. The second-order valence-electron chi connectivity index (χ2n) is 6.33. The zero-order valence-electron chi connectivity index (χ0n) is 14.3. The Morgan fingerprint density at radius 2 is 1.62 bits per heavy atom. The van der Waals surface area contributed by atoms with Crippen LogP contribution in [0.2, 0.25) is 0 Å². The summed E-state index contributed by atoms with van der Waals surface area (Å²) in [7, 11) is 0. The van der Waals surface area contributed by atoms with Crippen LogP contribution in [0.1, 0.15) is 33.5 Å². The average molecular weight is 323 g/mol. The van der Waals surface area contributed by atoms with Crippen LogP contribution in [0.4, 0.5) is 5.69 Å². The van der Waals surface area contributed by atoms with E-state index in [1.165, 1.54) is 0 Å².